The number of carbonyl (C=O) groups excluding carboxylic acids is 1. The van der Waals surface area contributed by atoms with Gasteiger partial charge >= 0.3 is 6.03 Å². The highest BCUT2D eigenvalue weighted by Crippen LogP contribution is 2.15. The first kappa shape index (κ1) is 17.8. The van der Waals surface area contributed by atoms with Crippen LogP contribution in [0.15, 0.2) is 42.7 Å². The topological polar surface area (TPSA) is 54.5 Å². The van der Waals surface area contributed by atoms with Crippen molar-refractivity contribution in [1.29, 1.82) is 0 Å². The zero-order valence-corrected chi connectivity index (χ0v) is 14.6. The summed E-state index contributed by atoms with van der Waals surface area (Å²) in [7, 11) is 1.79. The third kappa shape index (κ3) is 5.91. The average Bonchev–Trinajstić information content (AvgIpc) is 2.56. The number of carbonyl (C=O) groups is 1. The number of rotatable bonds is 7. The molecule has 0 radical (unpaired) electrons. The quantitative estimate of drug-likeness (QED) is 0.796. The summed E-state index contributed by atoms with van der Waals surface area (Å²) < 4.78 is 5.69. The maximum absolute atomic E-state index is 12.0. The smallest absolute Gasteiger partial charge is 0.317 e. The van der Waals surface area contributed by atoms with E-state index in [2.05, 4.69) is 16.4 Å². The molecule has 5 nitrogen and oxygen atoms in total. The van der Waals surface area contributed by atoms with Gasteiger partial charge in [-0.3, -0.25) is 4.98 Å². The maximum atomic E-state index is 12.0. The summed E-state index contributed by atoms with van der Waals surface area (Å²) in [6, 6.07) is 9.93. The number of amides is 2. The van der Waals surface area contributed by atoms with Gasteiger partial charge < -0.3 is 15.0 Å². The Labute approximate surface area is 143 Å². The van der Waals surface area contributed by atoms with Crippen LogP contribution in [0.25, 0.3) is 0 Å². The molecule has 1 heterocycles. The summed E-state index contributed by atoms with van der Waals surface area (Å²) in [5.74, 6) is 0.841. The molecule has 24 heavy (non-hydrogen) atoms. The predicted octanol–water partition coefficient (Wildman–Crippen LogP) is 2.96. The zero-order chi connectivity index (χ0) is 17.4. The number of hydrogen-bond donors (Lipinski definition) is 1. The lowest BCUT2D eigenvalue weighted by Gasteiger charge is -2.18. The Morgan fingerprint density at radius 1 is 1.17 bits per heavy atom. The molecule has 0 fully saturated rings. The molecule has 0 aliphatic carbocycles. The van der Waals surface area contributed by atoms with Crippen molar-refractivity contribution in [2.24, 2.45) is 0 Å². The molecule has 0 aliphatic heterocycles. The van der Waals surface area contributed by atoms with E-state index in [4.69, 9.17) is 4.74 Å². The molecule has 0 unspecified atom stereocenters. The Balaban J connectivity index is 1.67. The number of pyridine rings is 1. The van der Waals surface area contributed by atoms with Gasteiger partial charge in [-0.2, -0.15) is 0 Å². The van der Waals surface area contributed by atoms with Crippen molar-refractivity contribution in [3.63, 3.8) is 0 Å². The molecule has 0 bridgehead atoms. The molecule has 1 aromatic carbocycles. The van der Waals surface area contributed by atoms with Gasteiger partial charge in [-0.1, -0.05) is 6.07 Å². The third-order valence-corrected chi connectivity index (χ3v) is 3.67. The fourth-order valence-corrected chi connectivity index (χ4v) is 2.43. The van der Waals surface area contributed by atoms with Crippen LogP contribution in [0.2, 0.25) is 0 Å². The number of ether oxygens (including phenoxy) is 1. The van der Waals surface area contributed by atoms with Crippen LogP contribution in [0.3, 0.4) is 0 Å². The summed E-state index contributed by atoms with van der Waals surface area (Å²) >= 11 is 0. The SMILES string of the molecule is Cc1cc(C)cc(OCCNC(=O)N(C)CCc2ccncc2)c1. The van der Waals surface area contributed by atoms with Gasteiger partial charge in [-0.15, -0.1) is 0 Å². The van der Waals surface area contributed by atoms with Gasteiger partial charge in [0.2, 0.25) is 0 Å². The van der Waals surface area contributed by atoms with Crippen LogP contribution in [0.1, 0.15) is 16.7 Å². The molecule has 2 rings (SSSR count). The van der Waals surface area contributed by atoms with Crippen LogP contribution in [0, 0.1) is 13.8 Å². The van der Waals surface area contributed by atoms with Crippen molar-refractivity contribution >= 4 is 6.03 Å². The normalized spacial score (nSPS) is 10.3. The van der Waals surface area contributed by atoms with E-state index < -0.39 is 0 Å². The zero-order valence-electron chi connectivity index (χ0n) is 14.6. The number of nitrogens with one attached hydrogen (secondary N) is 1. The van der Waals surface area contributed by atoms with Gasteiger partial charge in [0, 0.05) is 26.0 Å². The minimum Gasteiger partial charge on any atom is -0.492 e. The molecule has 2 aromatic rings. The second-order valence-electron chi connectivity index (χ2n) is 5.93. The third-order valence-electron chi connectivity index (χ3n) is 3.67. The van der Waals surface area contributed by atoms with Gasteiger partial charge in [0.05, 0.1) is 6.54 Å². The molecule has 128 valence electrons. The summed E-state index contributed by atoms with van der Waals surface area (Å²) in [6.07, 6.45) is 4.34. The second kappa shape index (κ2) is 8.91. The Hall–Kier alpha value is -2.56. The number of aromatic nitrogens is 1. The van der Waals surface area contributed by atoms with Crippen molar-refractivity contribution < 1.29 is 9.53 Å². The van der Waals surface area contributed by atoms with E-state index in [1.807, 2.05) is 38.1 Å². The van der Waals surface area contributed by atoms with Crippen molar-refractivity contribution in [1.82, 2.24) is 15.2 Å². The van der Waals surface area contributed by atoms with Crippen LogP contribution in [-0.2, 0) is 6.42 Å². The minimum absolute atomic E-state index is 0.0897. The average molecular weight is 327 g/mol. The fourth-order valence-electron chi connectivity index (χ4n) is 2.43. The molecule has 0 aliphatic rings. The first-order valence-electron chi connectivity index (χ1n) is 8.13. The highest BCUT2D eigenvalue weighted by Gasteiger charge is 2.07. The maximum Gasteiger partial charge on any atom is 0.317 e. The van der Waals surface area contributed by atoms with E-state index in [1.54, 1.807) is 24.3 Å². The standard InChI is InChI=1S/C19H25N3O2/c1-15-12-16(2)14-18(13-15)24-11-9-21-19(23)22(3)10-6-17-4-7-20-8-5-17/h4-5,7-8,12-14H,6,9-11H2,1-3H3,(H,21,23). The monoisotopic (exact) mass is 327 g/mol. The molecule has 1 N–H and O–H groups in total. The van der Waals surface area contributed by atoms with Crippen LogP contribution < -0.4 is 10.1 Å². The number of benzene rings is 1. The number of hydrogen-bond acceptors (Lipinski definition) is 3. The van der Waals surface area contributed by atoms with Crippen LogP contribution in [0.5, 0.6) is 5.75 Å². The van der Waals surface area contributed by atoms with Gasteiger partial charge in [0.1, 0.15) is 12.4 Å². The van der Waals surface area contributed by atoms with E-state index in [0.717, 1.165) is 12.2 Å². The summed E-state index contributed by atoms with van der Waals surface area (Å²) in [5, 5.41) is 2.87. The summed E-state index contributed by atoms with van der Waals surface area (Å²) in [6.45, 7) is 5.67. The molecular weight excluding hydrogens is 302 g/mol. The van der Waals surface area contributed by atoms with Crippen LogP contribution in [-0.4, -0.2) is 42.7 Å². The number of urea groups is 1. The first-order valence-corrected chi connectivity index (χ1v) is 8.13. The van der Waals surface area contributed by atoms with Crippen LogP contribution in [0.4, 0.5) is 4.79 Å². The molecule has 0 spiro atoms. The number of nitrogens with zero attached hydrogens (tertiary/aromatic N) is 2. The largest absolute Gasteiger partial charge is 0.492 e. The van der Waals surface area contributed by atoms with Crippen molar-refractivity contribution in [2.45, 2.75) is 20.3 Å². The molecule has 2 amide bonds. The molecule has 1 aromatic heterocycles. The first-order chi connectivity index (χ1) is 11.5. The fraction of sp³-hybridized carbons (Fsp3) is 0.368. The molecule has 0 atom stereocenters. The highest BCUT2D eigenvalue weighted by molar-refractivity contribution is 5.73. The Morgan fingerprint density at radius 2 is 1.83 bits per heavy atom. The Bertz CT molecular complexity index is 639. The molecule has 0 saturated heterocycles. The molecule has 5 heteroatoms. The minimum atomic E-state index is -0.0897. The Kier molecular flexibility index (Phi) is 6.61. The number of aryl methyl sites for hydroxylation is 2. The van der Waals surface area contributed by atoms with E-state index in [-0.39, 0.29) is 6.03 Å². The summed E-state index contributed by atoms with van der Waals surface area (Å²) in [5.41, 5.74) is 3.51. The van der Waals surface area contributed by atoms with Gasteiger partial charge in [-0.25, -0.2) is 4.79 Å². The number of likely N-dealkylation sites (N-methyl/N-ethyl adjacent to an activating group) is 1. The van der Waals surface area contributed by atoms with Gasteiger partial charge in [0.15, 0.2) is 0 Å². The summed E-state index contributed by atoms with van der Waals surface area (Å²) in [4.78, 5) is 17.7. The molecule has 0 saturated carbocycles. The Morgan fingerprint density at radius 3 is 2.50 bits per heavy atom. The molecular formula is C19H25N3O2. The van der Waals surface area contributed by atoms with E-state index in [1.165, 1.54) is 16.7 Å². The van der Waals surface area contributed by atoms with E-state index >= 15 is 0 Å². The van der Waals surface area contributed by atoms with Crippen molar-refractivity contribution in [3.05, 3.63) is 59.4 Å². The van der Waals surface area contributed by atoms with Gasteiger partial charge in [0.25, 0.3) is 0 Å². The van der Waals surface area contributed by atoms with Crippen molar-refractivity contribution in [3.8, 4) is 5.75 Å². The predicted molar refractivity (Wildman–Crippen MR) is 95.4 cm³/mol. The lowest BCUT2D eigenvalue weighted by atomic mass is 10.1. The van der Waals surface area contributed by atoms with Crippen LogP contribution >= 0.6 is 0 Å². The second-order valence-corrected chi connectivity index (χ2v) is 5.93. The van der Waals surface area contributed by atoms with Gasteiger partial charge in [-0.05, 0) is 61.2 Å². The van der Waals surface area contributed by atoms with E-state index in [0.29, 0.717) is 19.7 Å². The lowest BCUT2D eigenvalue weighted by Crippen LogP contribution is -2.40. The van der Waals surface area contributed by atoms with E-state index in [9.17, 15) is 4.79 Å². The highest BCUT2D eigenvalue weighted by atomic mass is 16.5. The van der Waals surface area contributed by atoms with Crippen molar-refractivity contribution in [2.75, 3.05) is 26.7 Å². The lowest BCUT2D eigenvalue weighted by molar-refractivity contribution is 0.206.